The minimum atomic E-state index is -1.19. The summed E-state index contributed by atoms with van der Waals surface area (Å²) in [6.45, 7) is 22.4. The fourth-order valence-corrected chi connectivity index (χ4v) is 1.12. The molecular formula is C30H52O17-4. The van der Waals surface area contributed by atoms with Crippen LogP contribution in [0.4, 0.5) is 0 Å². The Morgan fingerprint density at radius 3 is 0.574 bits per heavy atom. The number of aliphatic hydroxyl groups is 4. The number of aliphatic carboxylic acids is 4. The first-order valence-corrected chi connectivity index (χ1v) is 13.7. The molecule has 0 saturated heterocycles. The summed E-state index contributed by atoms with van der Waals surface area (Å²) in [4.78, 5) is 38.0. The number of ether oxygens (including phenoxy) is 5. The first kappa shape index (κ1) is 55.9. The van der Waals surface area contributed by atoms with Gasteiger partial charge in [0.2, 0.25) is 0 Å². The van der Waals surface area contributed by atoms with Gasteiger partial charge in [-0.3, -0.25) is 0 Å². The van der Waals surface area contributed by atoms with E-state index in [-0.39, 0.29) is 48.7 Å². The van der Waals surface area contributed by atoms with Gasteiger partial charge in [0.05, 0.1) is 116 Å². The van der Waals surface area contributed by atoms with E-state index in [1.807, 2.05) is 0 Å². The van der Waals surface area contributed by atoms with E-state index in [1.165, 1.54) is 27.7 Å². The van der Waals surface area contributed by atoms with Crippen molar-refractivity contribution in [1.29, 1.82) is 0 Å². The Balaban J connectivity index is -0.000000111. The molecule has 0 aliphatic heterocycles. The van der Waals surface area contributed by atoms with E-state index in [2.05, 4.69) is 26.3 Å². The quantitative estimate of drug-likeness (QED) is 0.0652. The van der Waals surface area contributed by atoms with Crippen molar-refractivity contribution in [2.24, 2.45) is 0 Å². The normalized spacial score (nSPS) is 8.94. The Morgan fingerprint density at radius 1 is 0.383 bits per heavy atom. The van der Waals surface area contributed by atoms with Gasteiger partial charge < -0.3 is 83.7 Å². The SMILES string of the molecule is C=C(C)C(=O)[O-].C=C(C)C(=O)[O-].C=C(C)C(=O)[O-].C=C(C)C(=O)[O-].OCCOCCOCCO.OCCOCCOCCOCCO. The summed E-state index contributed by atoms with van der Waals surface area (Å²) in [5, 5.41) is 71.2. The molecule has 17 heteroatoms. The molecule has 0 aromatic heterocycles. The minimum absolute atomic E-state index is 0.0413. The average molecular weight is 685 g/mol. The van der Waals surface area contributed by atoms with Crippen molar-refractivity contribution in [3.05, 3.63) is 48.6 Å². The first-order valence-electron chi connectivity index (χ1n) is 13.7. The Labute approximate surface area is 276 Å². The van der Waals surface area contributed by atoms with Gasteiger partial charge in [0.15, 0.2) is 0 Å². The highest BCUT2D eigenvalue weighted by Gasteiger charge is 1.90. The molecule has 0 saturated carbocycles. The molecule has 0 unspecified atom stereocenters. The lowest BCUT2D eigenvalue weighted by molar-refractivity contribution is -0.300. The lowest BCUT2D eigenvalue weighted by atomic mass is 10.4. The summed E-state index contributed by atoms with van der Waals surface area (Å²) in [5.74, 6) is -4.74. The van der Waals surface area contributed by atoms with Crippen LogP contribution in [0.5, 0.6) is 0 Å². The van der Waals surface area contributed by atoms with Crippen LogP contribution in [0.1, 0.15) is 27.7 Å². The molecule has 0 aliphatic carbocycles. The van der Waals surface area contributed by atoms with Crippen LogP contribution < -0.4 is 20.4 Å². The summed E-state index contributed by atoms with van der Waals surface area (Å²) in [6.07, 6.45) is 0. The third kappa shape index (κ3) is 80.1. The highest BCUT2D eigenvalue weighted by Crippen LogP contribution is 1.81. The molecule has 278 valence electrons. The molecule has 0 aromatic carbocycles. The average Bonchev–Trinajstić information content (AvgIpc) is 2.99. The predicted molar refractivity (Wildman–Crippen MR) is 162 cm³/mol. The van der Waals surface area contributed by atoms with Crippen LogP contribution in [0.25, 0.3) is 0 Å². The summed E-state index contributed by atoms with van der Waals surface area (Å²) < 4.78 is 24.8. The van der Waals surface area contributed by atoms with Crippen LogP contribution in [0, 0.1) is 0 Å². The summed E-state index contributed by atoms with van der Waals surface area (Å²) in [5.41, 5.74) is 0.259. The van der Waals surface area contributed by atoms with Crippen LogP contribution in [0.3, 0.4) is 0 Å². The van der Waals surface area contributed by atoms with E-state index in [0.29, 0.717) is 66.1 Å². The summed E-state index contributed by atoms with van der Waals surface area (Å²) in [7, 11) is 0. The monoisotopic (exact) mass is 684 g/mol. The molecule has 0 heterocycles. The smallest absolute Gasteiger partial charge is 0.0701 e. The van der Waals surface area contributed by atoms with Gasteiger partial charge in [-0.1, -0.05) is 26.3 Å². The fourth-order valence-electron chi connectivity index (χ4n) is 1.12. The summed E-state index contributed by atoms with van der Waals surface area (Å²) in [6, 6.07) is 0. The number of carbonyl (C=O) groups excluding carboxylic acids is 4. The zero-order valence-electron chi connectivity index (χ0n) is 27.8. The van der Waals surface area contributed by atoms with Gasteiger partial charge in [0.25, 0.3) is 0 Å². The van der Waals surface area contributed by atoms with Gasteiger partial charge in [-0.05, 0) is 50.0 Å². The molecular weight excluding hydrogens is 632 g/mol. The predicted octanol–water partition coefficient (Wildman–Crippen LogP) is -4.73. The molecule has 0 aromatic rings. The van der Waals surface area contributed by atoms with E-state index in [1.54, 1.807) is 0 Å². The van der Waals surface area contributed by atoms with Crippen molar-refractivity contribution in [2.75, 3.05) is 92.5 Å². The Kier molecular flexibility index (Phi) is 55.7. The molecule has 0 rings (SSSR count). The maximum absolute atomic E-state index is 9.49. The standard InChI is InChI=1S/C8H18O5.C6H14O4.4C4H6O2/c9-1-3-11-5-7-13-8-6-12-4-2-10;7-1-3-9-5-6-10-4-2-8;4*1-3(2)4(5)6/h9-10H,1-8H2;7-8H,1-6H2;4*1H2,2H3,(H,5,6)/p-4. The van der Waals surface area contributed by atoms with Gasteiger partial charge in [-0.15, -0.1) is 0 Å². The minimum Gasteiger partial charge on any atom is -0.545 e. The van der Waals surface area contributed by atoms with E-state index in [4.69, 9.17) is 44.1 Å². The third-order valence-electron chi connectivity index (χ3n) is 3.45. The highest BCUT2D eigenvalue weighted by molar-refractivity contribution is 5.83. The van der Waals surface area contributed by atoms with Crippen molar-refractivity contribution in [3.8, 4) is 0 Å². The van der Waals surface area contributed by atoms with Crippen LogP contribution >= 0.6 is 0 Å². The third-order valence-corrected chi connectivity index (χ3v) is 3.45. The first-order chi connectivity index (χ1) is 21.9. The number of rotatable bonds is 21. The van der Waals surface area contributed by atoms with Crippen molar-refractivity contribution in [3.63, 3.8) is 0 Å². The van der Waals surface area contributed by atoms with Crippen LogP contribution in [-0.2, 0) is 42.9 Å². The lowest BCUT2D eigenvalue weighted by Gasteiger charge is -2.04. The van der Waals surface area contributed by atoms with Crippen molar-refractivity contribution in [1.82, 2.24) is 0 Å². The maximum Gasteiger partial charge on any atom is 0.0701 e. The maximum atomic E-state index is 9.49. The van der Waals surface area contributed by atoms with Gasteiger partial charge in [0.1, 0.15) is 0 Å². The van der Waals surface area contributed by atoms with Crippen molar-refractivity contribution >= 4 is 23.9 Å². The number of hydrogen-bond acceptors (Lipinski definition) is 17. The Morgan fingerprint density at radius 2 is 0.489 bits per heavy atom. The van der Waals surface area contributed by atoms with E-state index in [9.17, 15) is 39.6 Å². The van der Waals surface area contributed by atoms with Gasteiger partial charge in [-0.25, -0.2) is 0 Å². The second kappa shape index (κ2) is 46.9. The molecule has 0 radical (unpaired) electrons. The summed E-state index contributed by atoms with van der Waals surface area (Å²) >= 11 is 0. The Hall–Kier alpha value is -3.52. The number of carboxylic acid groups (broad SMARTS) is 4. The van der Waals surface area contributed by atoms with E-state index in [0.717, 1.165) is 0 Å². The second-order valence-corrected chi connectivity index (χ2v) is 8.23. The number of carboxylic acids is 4. The molecule has 0 amide bonds. The van der Waals surface area contributed by atoms with Gasteiger partial charge in [0, 0.05) is 0 Å². The van der Waals surface area contributed by atoms with E-state index >= 15 is 0 Å². The van der Waals surface area contributed by atoms with Crippen LogP contribution in [-0.4, -0.2) is 137 Å². The zero-order valence-corrected chi connectivity index (χ0v) is 27.8. The lowest BCUT2D eigenvalue weighted by Crippen LogP contribution is -2.22. The molecule has 0 fully saturated rings. The molecule has 47 heavy (non-hydrogen) atoms. The second-order valence-electron chi connectivity index (χ2n) is 8.23. The highest BCUT2D eigenvalue weighted by atomic mass is 16.5. The topological polar surface area (TPSA) is 288 Å². The van der Waals surface area contributed by atoms with E-state index < -0.39 is 23.9 Å². The largest absolute Gasteiger partial charge is 0.545 e. The number of hydrogen-bond donors (Lipinski definition) is 4. The fraction of sp³-hybridized carbons (Fsp3) is 0.600. The molecule has 0 spiro atoms. The van der Waals surface area contributed by atoms with Gasteiger partial charge >= 0.3 is 0 Å². The molecule has 17 nitrogen and oxygen atoms in total. The molecule has 0 bridgehead atoms. The van der Waals surface area contributed by atoms with Crippen LogP contribution in [0.2, 0.25) is 0 Å². The molecule has 0 atom stereocenters. The Bertz CT molecular complexity index is 663. The number of aliphatic hydroxyl groups excluding tert-OH is 4. The number of carbonyl (C=O) groups is 4. The molecule has 4 N–H and O–H groups in total. The zero-order chi connectivity index (χ0) is 38.1. The van der Waals surface area contributed by atoms with Crippen molar-refractivity contribution < 1.29 is 83.7 Å². The molecule has 0 aliphatic rings. The van der Waals surface area contributed by atoms with Gasteiger partial charge in [-0.2, -0.15) is 0 Å². The van der Waals surface area contributed by atoms with Crippen molar-refractivity contribution in [2.45, 2.75) is 27.7 Å². The van der Waals surface area contributed by atoms with Crippen LogP contribution in [0.15, 0.2) is 48.6 Å².